The fourth-order valence-corrected chi connectivity index (χ4v) is 2.34. The lowest BCUT2D eigenvalue weighted by Crippen LogP contribution is -2.16. The van der Waals surface area contributed by atoms with E-state index in [4.69, 9.17) is 10.2 Å². The van der Waals surface area contributed by atoms with Crippen LogP contribution < -0.4 is 5.73 Å². The first-order chi connectivity index (χ1) is 9.08. The van der Waals surface area contributed by atoms with Crippen molar-refractivity contribution in [2.45, 2.75) is 13.0 Å². The van der Waals surface area contributed by atoms with E-state index in [1.807, 2.05) is 20.0 Å². The number of nitrogens with two attached hydrogens (primary N) is 1. The van der Waals surface area contributed by atoms with Gasteiger partial charge in [0.05, 0.1) is 5.69 Å². The van der Waals surface area contributed by atoms with E-state index in [1.165, 1.54) is 12.1 Å². The van der Waals surface area contributed by atoms with Crippen molar-refractivity contribution in [2.75, 3.05) is 0 Å². The van der Waals surface area contributed by atoms with Crippen LogP contribution in [0.2, 0.25) is 0 Å². The zero-order valence-electron chi connectivity index (χ0n) is 10.7. The Morgan fingerprint density at radius 1 is 1.37 bits per heavy atom. The average molecular weight is 259 g/mol. The summed E-state index contributed by atoms with van der Waals surface area (Å²) in [5.74, 6) is 0.325. The van der Waals surface area contributed by atoms with E-state index in [0.29, 0.717) is 11.3 Å². The molecule has 1 unspecified atom stereocenters. The van der Waals surface area contributed by atoms with E-state index in [2.05, 4.69) is 5.10 Å². The number of aromatic nitrogens is 2. The Labute approximate surface area is 109 Å². The topological polar surface area (TPSA) is 57.0 Å². The lowest BCUT2D eigenvalue weighted by Gasteiger charge is -2.10. The Bertz CT molecular complexity index is 744. The van der Waals surface area contributed by atoms with Crippen molar-refractivity contribution in [3.8, 4) is 0 Å². The molecule has 3 aromatic rings. The largest absolute Gasteiger partial charge is 0.459 e. The molecule has 0 fully saturated rings. The van der Waals surface area contributed by atoms with E-state index in [9.17, 15) is 4.39 Å². The quantitative estimate of drug-likeness (QED) is 0.769. The molecule has 1 aromatic carbocycles. The summed E-state index contributed by atoms with van der Waals surface area (Å²) in [4.78, 5) is 0. The molecule has 3 rings (SSSR count). The van der Waals surface area contributed by atoms with Crippen molar-refractivity contribution in [3.63, 3.8) is 0 Å². The van der Waals surface area contributed by atoms with Gasteiger partial charge in [0.15, 0.2) is 0 Å². The maximum absolute atomic E-state index is 13.2. The highest BCUT2D eigenvalue weighted by molar-refractivity contribution is 5.82. The van der Waals surface area contributed by atoms with Crippen molar-refractivity contribution in [2.24, 2.45) is 12.8 Å². The first kappa shape index (κ1) is 11.9. The Morgan fingerprint density at radius 2 is 2.16 bits per heavy atom. The van der Waals surface area contributed by atoms with Crippen LogP contribution >= 0.6 is 0 Å². The van der Waals surface area contributed by atoms with Gasteiger partial charge in [-0.25, -0.2) is 4.39 Å². The summed E-state index contributed by atoms with van der Waals surface area (Å²) in [5.41, 5.74) is 8.52. The Balaban J connectivity index is 2.15. The van der Waals surface area contributed by atoms with Gasteiger partial charge in [0.2, 0.25) is 0 Å². The minimum Gasteiger partial charge on any atom is -0.459 e. The summed E-state index contributed by atoms with van der Waals surface area (Å²) in [6.45, 7) is 1.93. The van der Waals surface area contributed by atoms with Gasteiger partial charge in [0.1, 0.15) is 23.2 Å². The molecule has 2 heterocycles. The number of furan rings is 1. The van der Waals surface area contributed by atoms with Crippen LogP contribution in [-0.2, 0) is 7.05 Å². The number of halogens is 1. The molecule has 0 saturated carbocycles. The van der Waals surface area contributed by atoms with E-state index < -0.39 is 6.04 Å². The Hall–Kier alpha value is -2.14. The third-order valence-electron chi connectivity index (χ3n) is 3.40. The van der Waals surface area contributed by atoms with E-state index >= 15 is 0 Å². The molecule has 2 aromatic heterocycles. The molecule has 0 aliphatic carbocycles. The zero-order chi connectivity index (χ0) is 13.6. The Morgan fingerprint density at radius 3 is 2.84 bits per heavy atom. The summed E-state index contributed by atoms with van der Waals surface area (Å²) >= 11 is 0. The minimum absolute atomic E-state index is 0.318. The van der Waals surface area contributed by atoms with Crippen LogP contribution in [0, 0.1) is 12.7 Å². The highest BCUT2D eigenvalue weighted by Gasteiger charge is 2.21. The van der Waals surface area contributed by atoms with Gasteiger partial charge in [-0.1, -0.05) is 0 Å². The third kappa shape index (κ3) is 1.82. The number of rotatable bonds is 2. The van der Waals surface area contributed by atoms with Crippen LogP contribution in [0.15, 0.2) is 34.9 Å². The van der Waals surface area contributed by atoms with Gasteiger partial charge >= 0.3 is 0 Å². The van der Waals surface area contributed by atoms with Gasteiger partial charge < -0.3 is 10.2 Å². The molecule has 0 bridgehead atoms. The normalized spacial score (nSPS) is 13.1. The zero-order valence-corrected chi connectivity index (χ0v) is 10.7. The predicted octanol–water partition coefficient (Wildman–Crippen LogP) is 2.66. The monoisotopic (exact) mass is 259 g/mol. The molecule has 0 saturated heterocycles. The van der Waals surface area contributed by atoms with Gasteiger partial charge in [0.25, 0.3) is 0 Å². The molecule has 4 nitrogen and oxygen atoms in total. The highest BCUT2D eigenvalue weighted by atomic mass is 19.1. The summed E-state index contributed by atoms with van der Waals surface area (Å²) in [5, 5.41) is 4.98. The van der Waals surface area contributed by atoms with Gasteiger partial charge in [-0.2, -0.15) is 5.10 Å². The van der Waals surface area contributed by atoms with Gasteiger partial charge in [0, 0.05) is 30.3 Å². The molecule has 1 atom stereocenters. The highest BCUT2D eigenvalue weighted by Crippen LogP contribution is 2.31. The fraction of sp³-hybridized carbons (Fsp3) is 0.214. The van der Waals surface area contributed by atoms with E-state index in [-0.39, 0.29) is 5.82 Å². The maximum Gasteiger partial charge on any atom is 0.137 e. The van der Waals surface area contributed by atoms with Crippen molar-refractivity contribution < 1.29 is 8.81 Å². The molecule has 98 valence electrons. The summed E-state index contributed by atoms with van der Waals surface area (Å²) in [6, 6.07) is 5.94. The van der Waals surface area contributed by atoms with Crippen molar-refractivity contribution >= 4 is 11.0 Å². The van der Waals surface area contributed by atoms with Crippen LogP contribution in [0.5, 0.6) is 0 Å². The molecule has 19 heavy (non-hydrogen) atoms. The molecule has 0 amide bonds. The number of aryl methyl sites for hydroxylation is 2. The molecule has 2 N–H and O–H groups in total. The SMILES string of the molecule is Cc1c(C(N)c2ccnn2C)oc2cc(F)ccc12. The smallest absolute Gasteiger partial charge is 0.137 e. The van der Waals surface area contributed by atoms with Crippen LogP contribution in [0.1, 0.15) is 23.1 Å². The maximum atomic E-state index is 13.2. The lowest BCUT2D eigenvalue weighted by molar-refractivity contribution is 0.503. The standard InChI is InChI=1S/C14H14FN3O/c1-8-10-4-3-9(15)7-12(10)19-14(8)13(16)11-5-6-17-18(11)2/h3-7,13H,16H2,1-2H3. The van der Waals surface area contributed by atoms with Crippen molar-refractivity contribution in [1.29, 1.82) is 0 Å². The van der Waals surface area contributed by atoms with Crippen LogP contribution in [0.4, 0.5) is 4.39 Å². The number of hydrogen-bond donors (Lipinski definition) is 1. The molecular formula is C14H14FN3O. The summed E-state index contributed by atoms with van der Waals surface area (Å²) in [7, 11) is 1.83. The fourth-order valence-electron chi connectivity index (χ4n) is 2.34. The molecule has 0 aliphatic rings. The predicted molar refractivity (Wildman–Crippen MR) is 70.1 cm³/mol. The average Bonchev–Trinajstić information content (AvgIpc) is 2.93. The molecule has 0 radical (unpaired) electrons. The summed E-state index contributed by atoms with van der Waals surface area (Å²) < 4.78 is 20.6. The van der Waals surface area contributed by atoms with Gasteiger partial charge in [-0.3, -0.25) is 4.68 Å². The second kappa shape index (κ2) is 4.20. The molecule has 0 spiro atoms. The van der Waals surface area contributed by atoms with Crippen LogP contribution in [0.25, 0.3) is 11.0 Å². The van der Waals surface area contributed by atoms with Gasteiger partial charge in [-0.15, -0.1) is 0 Å². The summed E-state index contributed by atoms with van der Waals surface area (Å²) in [6.07, 6.45) is 1.69. The van der Waals surface area contributed by atoms with Crippen LogP contribution in [0.3, 0.4) is 0 Å². The van der Waals surface area contributed by atoms with Crippen molar-refractivity contribution in [1.82, 2.24) is 9.78 Å². The third-order valence-corrected chi connectivity index (χ3v) is 3.40. The van der Waals surface area contributed by atoms with E-state index in [0.717, 1.165) is 16.6 Å². The molecule has 5 heteroatoms. The lowest BCUT2D eigenvalue weighted by atomic mass is 10.1. The van der Waals surface area contributed by atoms with Crippen molar-refractivity contribution in [3.05, 3.63) is 53.3 Å². The number of nitrogens with zero attached hydrogens (tertiary/aromatic N) is 2. The molecular weight excluding hydrogens is 245 g/mol. The second-order valence-electron chi connectivity index (χ2n) is 4.59. The number of benzene rings is 1. The number of fused-ring (bicyclic) bond motifs is 1. The molecule has 0 aliphatic heterocycles. The first-order valence-electron chi connectivity index (χ1n) is 6.00. The Kier molecular flexibility index (Phi) is 2.64. The second-order valence-corrected chi connectivity index (χ2v) is 4.59. The van der Waals surface area contributed by atoms with Gasteiger partial charge in [-0.05, 0) is 25.1 Å². The number of hydrogen-bond acceptors (Lipinski definition) is 3. The van der Waals surface area contributed by atoms with Crippen LogP contribution in [-0.4, -0.2) is 9.78 Å². The first-order valence-corrected chi connectivity index (χ1v) is 6.00. The van der Waals surface area contributed by atoms with E-state index in [1.54, 1.807) is 16.9 Å². The minimum atomic E-state index is -0.414.